The molecule has 0 aliphatic heterocycles. The molecule has 0 saturated carbocycles. The van der Waals surface area contributed by atoms with Crippen molar-refractivity contribution in [3.05, 3.63) is 17.8 Å². The molecule has 1 rings (SSSR count). The number of amides is 1. The minimum Gasteiger partial charge on any atom is -0.469 e. The Labute approximate surface area is 110 Å². The van der Waals surface area contributed by atoms with Crippen molar-refractivity contribution < 1.29 is 14.3 Å². The predicted molar refractivity (Wildman–Crippen MR) is 67.4 cm³/mol. The van der Waals surface area contributed by atoms with Gasteiger partial charge in [-0.25, -0.2) is 0 Å². The van der Waals surface area contributed by atoms with Crippen molar-refractivity contribution in [3.8, 4) is 0 Å². The summed E-state index contributed by atoms with van der Waals surface area (Å²) in [4.78, 5) is 22.3. The maximum Gasteiger partial charge on any atom is 0.306 e. The molecule has 0 aliphatic rings. The van der Waals surface area contributed by atoms with Gasteiger partial charge in [-0.3, -0.25) is 9.59 Å². The predicted octanol–water partition coefficient (Wildman–Crippen LogP) is 0.880. The van der Waals surface area contributed by atoms with Gasteiger partial charge in [-0.1, -0.05) is 6.92 Å². The van der Waals surface area contributed by atoms with E-state index in [1.54, 1.807) is 12.1 Å². The molecule has 0 radical (unpaired) electrons. The number of rotatable bonds is 5. The van der Waals surface area contributed by atoms with Crippen molar-refractivity contribution in [2.75, 3.05) is 14.2 Å². The molecular weight excluding hydrogens is 254 g/mol. The zero-order chi connectivity index (χ0) is 13.5. The van der Waals surface area contributed by atoms with Gasteiger partial charge in [0.15, 0.2) is 5.69 Å². The third-order valence-corrected chi connectivity index (χ3v) is 3.13. The molecule has 0 saturated heterocycles. The van der Waals surface area contributed by atoms with Crippen molar-refractivity contribution in [3.63, 3.8) is 0 Å². The Balaban J connectivity index is 2.58. The molecule has 98 valence electrons. The molecule has 1 heterocycles. The summed E-state index contributed by atoms with van der Waals surface area (Å²) >= 11 is 1.41. The molecule has 1 aromatic rings. The van der Waals surface area contributed by atoms with Crippen LogP contribution in [0.3, 0.4) is 0 Å². The van der Waals surface area contributed by atoms with Crippen molar-refractivity contribution in [1.29, 1.82) is 0 Å². The van der Waals surface area contributed by atoms with Gasteiger partial charge in [-0.15, -0.1) is 22.0 Å². The van der Waals surface area contributed by atoms with Crippen LogP contribution < -0.4 is 5.32 Å². The van der Waals surface area contributed by atoms with Gasteiger partial charge in [0, 0.05) is 12.3 Å². The fourth-order valence-electron chi connectivity index (χ4n) is 1.20. The van der Waals surface area contributed by atoms with Crippen LogP contribution in [0.1, 0.15) is 23.8 Å². The molecule has 1 amide bonds. The molecular formula is C11H15N3O3S. The minimum absolute atomic E-state index is 0.0394. The SMILES string of the molecule is CNC(=O)c1ccc(SC(C)CC(=O)OC)nn1. The number of hydrogen-bond acceptors (Lipinski definition) is 6. The fraction of sp³-hybridized carbons (Fsp3) is 0.455. The molecule has 0 fully saturated rings. The zero-order valence-electron chi connectivity index (χ0n) is 10.5. The highest BCUT2D eigenvalue weighted by atomic mass is 32.2. The number of ether oxygens (including phenoxy) is 1. The Bertz CT molecular complexity index is 422. The third kappa shape index (κ3) is 4.33. The Morgan fingerprint density at radius 3 is 2.67 bits per heavy atom. The fourth-order valence-corrected chi connectivity index (χ4v) is 2.06. The van der Waals surface area contributed by atoms with Crippen LogP contribution in [0.25, 0.3) is 0 Å². The van der Waals surface area contributed by atoms with Crippen LogP contribution in [0.5, 0.6) is 0 Å². The number of carbonyl (C=O) groups is 2. The minimum atomic E-state index is -0.276. The summed E-state index contributed by atoms with van der Waals surface area (Å²) in [7, 11) is 2.89. The number of methoxy groups -OCH3 is 1. The summed E-state index contributed by atoms with van der Waals surface area (Å²) in [6.07, 6.45) is 0.306. The monoisotopic (exact) mass is 269 g/mol. The molecule has 18 heavy (non-hydrogen) atoms. The van der Waals surface area contributed by atoms with Crippen LogP contribution in [0.2, 0.25) is 0 Å². The van der Waals surface area contributed by atoms with E-state index < -0.39 is 0 Å². The van der Waals surface area contributed by atoms with Gasteiger partial charge in [0.25, 0.3) is 5.91 Å². The highest BCUT2D eigenvalue weighted by Crippen LogP contribution is 2.22. The highest BCUT2D eigenvalue weighted by Gasteiger charge is 2.12. The summed E-state index contributed by atoms with van der Waals surface area (Å²) in [5.74, 6) is -0.536. The number of nitrogens with one attached hydrogen (secondary N) is 1. The zero-order valence-corrected chi connectivity index (χ0v) is 11.3. The summed E-state index contributed by atoms with van der Waals surface area (Å²) in [6, 6.07) is 3.30. The quantitative estimate of drug-likeness (QED) is 0.631. The third-order valence-electron chi connectivity index (χ3n) is 2.10. The molecule has 1 atom stereocenters. The first kappa shape index (κ1) is 14.4. The average molecular weight is 269 g/mol. The number of thioether (sulfide) groups is 1. The van der Waals surface area contributed by atoms with Gasteiger partial charge in [0.05, 0.1) is 13.5 Å². The van der Waals surface area contributed by atoms with Crippen molar-refractivity contribution >= 4 is 23.6 Å². The maximum absolute atomic E-state index is 11.2. The lowest BCUT2D eigenvalue weighted by atomic mass is 10.3. The molecule has 0 spiro atoms. The lowest BCUT2D eigenvalue weighted by Crippen LogP contribution is -2.19. The number of hydrogen-bond donors (Lipinski definition) is 1. The number of aromatic nitrogens is 2. The normalized spacial score (nSPS) is 11.7. The van der Waals surface area contributed by atoms with E-state index in [4.69, 9.17) is 0 Å². The largest absolute Gasteiger partial charge is 0.469 e. The van der Waals surface area contributed by atoms with Crippen molar-refractivity contribution in [2.24, 2.45) is 0 Å². The summed E-state index contributed by atoms with van der Waals surface area (Å²) in [5, 5.41) is 10.9. The van der Waals surface area contributed by atoms with Crippen LogP contribution in [0.4, 0.5) is 0 Å². The second kappa shape index (κ2) is 6.95. The second-order valence-electron chi connectivity index (χ2n) is 3.54. The van der Waals surface area contributed by atoms with Crippen molar-refractivity contribution in [2.45, 2.75) is 23.6 Å². The Morgan fingerprint density at radius 2 is 2.17 bits per heavy atom. The summed E-state index contributed by atoms with van der Waals surface area (Å²) < 4.78 is 4.58. The van der Waals surface area contributed by atoms with E-state index in [9.17, 15) is 9.59 Å². The smallest absolute Gasteiger partial charge is 0.306 e. The first-order valence-electron chi connectivity index (χ1n) is 5.36. The van der Waals surface area contributed by atoms with E-state index in [1.807, 2.05) is 6.92 Å². The van der Waals surface area contributed by atoms with Crippen LogP contribution in [0.15, 0.2) is 17.2 Å². The second-order valence-corrected chi connectivity index (χ2v) is 5.00. The molecule has 1 N–H and O–H groups in total. The van der Waals surface area contributed by atoms with Gasteiger partial charge in [-0.05, 0) is 12.1 Å². The van der Waals surface area contributed by atoms with E-state index in [1.165, 1.54) is 25.9 Å². The van der Waals surface area contributed by atoms with E-state index in [2.05, 4.69) is 20.3 Å². The molecule has 1 unspecified atom stereocenters. The number of nitrogens with zero attached hydrogens (tertiary/aromatic N) is 2. The standard InChI is InChI=1S/C11H15N3O3S/c1-7(6-10(15)17-3)18-9-5-4-8(13-14-9)11(16)12-2/h4-5,7H,6H2,1-3H3,(H,12,16). The van der Waals surface area contributed by atoms with Gasteiger partial charge in [0.2, 0.25) is 0 Å². The lowest BCUT2D eigenvalue weighted by Gasteiger charge is -2.08. The Morgan fingerprint density at radius 1 is 1.44 bits per heavy atom. The van der Waals surface area contributed by atoms with Crippen LogP contribution in [-0.4, -0.2) is 41.5 Å². The van der Waals surface area contributed by atoms with E-state index >= 15 is 0 Å². The molecule has 0 bridgehead atoms. The van der Waals surface area contributed by atoms with Crippen LogP contribution in [-0.2, 0) is 9.53 Å². The highest BCUT2D eigenvalue weighted by molar-refractivity contribution is 7.99. The van der Waals surface area contributed by atoms with Crippen LogP contribution >= 0.6 is 11.8 Å². The van der Waals surface area contributed by atoms with Gasteiger partial charge < -0.3 is 10.1 Å². The first-order chi connectivity index (χ1) is 8.56. The molecule has 7 heteroatoms. The van der Waals surface area contributed by atoms with Gasteiger partial charge >= 0.3 is 5.97 Å². The van der Waals surface area contributed by atoms with Gasteiger partial charge in [0.1, 0.15) is 5.03 Å². The summed E-state index contributed by atoms with van der Waals surface area (Å²) in [6.45, 7) is 1.90. The lowest BCUT2D eigenvalue weighted by molar-refractivity contribution is -0.140. The topological polar surface area (TPSA) is 81.2 Å². The molecule has 0 aromatic carbocycles. The van der Waals surface area contributed by atoms with E-state index in [-0.39, 0.29) is 22.8 Å². The van der Waals surface area contributed by atoms with E-state index in [0.29, 0.717) is 11.4 Å². The Kier molecular flexibility index (Phi) is 5.57. The number of esters is 1. The Hall–Kier alpha value is -1.63. The van der Waals surface area contributed by atoms with Crippen LogP contribution in [0, 0.1) is 0 Å². The number of carbonyl (C=O) groups excluding carboxylic acids is 2. The summed E-state index contributed by atoms with van der Waals surface area (Å²) in [5.41, 5.74) is 0.266. The van der Waals surface area contributed by atoms with E-state index in [0.717, 1.165) is 0 Å². The van der Waals surface area contributed by atoms with Gasteiger partial charge in [-0.2, -0.15) is 0 Å². The average Bonchev–Trinajstić information content (AvgIpc) is 2.38. The molecule has 6 nitrogen and oxygen atoms in total. The first-order valence-corrected chi connectivity index (χ1v) is 6.24. The molecule has 1 aromatic heterocycles. The maximum atomic E-state index is 11.2. The molecule has 0 aliphatic carbocycles. The van der Waals surface area contributed by atoms with Crippen molar-refractivity contribution in [1.82, 2.24) is 15.5 Å².